The zero-order valence-electron chi connectivity index (χ0n) is 23.8. The van der Waals surface area contributed by atoms with Crippen LogP contribution < -0.4 is 17.0 Å². The van der Waals surface area contributed by atoms with Crippen LogP contribution >= 0.6 is 15.6 Å². The Bertz CT molecular complexity index is 2120. The SMILES string of the molecule is Nc1nc2c(ncn2[C@@H]2O[C@@H]3COP(=O)(O)O[C@H]4[C@H](c5cnn6c(N)ncnc56)O[C@H](COP(=O)(O)O[C@H]3[C@H]2O)[C@@]42CC2(F)F)c(=O)[nH]1. The molecule has 1 spiro atoms. The molecule has 1 saturated carbocycles. The van der Waals surface area contributed by atoms with Crippen molar-refractivity contribution in [2.45, 2.75) is 55.2 Å². The summed E-state index contributed by atoms with van der Waals surface area (Å²) in [7, 11) is -10.6. The Labute approximate surface area is 264 Å². The molecule has 48 heavy (non-hydrogen) atoms. The van der Waals surface area contributed by atoms with Gasteiger partial charge in [-0.1, -0.05) is 0 Å². The summed E-state index contributed by atoms with van der Waals surface area (Å²) in [6.07, 6.45) is -9.62. The number of halogens is 2. The predicted octanol–water partition coefficient (Wildman–Crippen LogP) is -0.836. The molecule has 0 amide bonds. The standard InChI is InChI=1S/C22H24F2N10O12P2/c23-22(24)4-21(22)9-3-42-47(37,38)45-13-8(43-18(11(13)35)33-6-29-10-16(33)31-19(25)32-17(10)36)2-41-48(39,40)46-14(21)12(44-9)7-1-30-34-15(7)27-5-28-20(34)26/h1,5-6,8-9,11-14,18,35H,2-4H2,(H,37,38)(H,39,40)(H2,26,27,28)(H3,25,31,32,36)/t8-,9-,11-,12+,13-,14+,18-,21+/m1/s1. The number of aliphatic hydroxyl groups excluding tert-OH is 1. The Hall–Kier alpha value is -3.54. The number of rotatable bonds is 2. The lowest BCUT2D eigenvalue weighted by Gasteiger charge is -2.26. The zero-order valence-corrected chi connectivity index (χ0v) is 25.6. The molecule has 4 aromatic heterocycles. The highest BCUT2D eigenvalue weighted by molar-refractivity contribution is 7.47. The number of aromatic amines is 1. The van der Waals surface area contributed by atoms with Gasteiger partial charge in [0.05, 0.1) is 37.3 Å². The summed E-state index contributed by atoms with van der Waals surface area (Å²) in [6, 6.07) is 0. The average molecular weight is 720 g/mol. The molecule has 2 unspecified atom stereocenters. The third-order valence-corrected chi connectivity index (χ3v) is 10.7. The van der Waals surface area contributed by atoms with Crippen molar-refractivity contribution in [3.05, 3.63) is 34.8 Å². The molecule has 0 aromatic carbocycles. The number of hydrogen-bond donors (Lipinski definition) is 6. The molecule has 0 radical (unpaired) electrons. The molecular formula is C22H24F2N10O12P2. The van der Waals surface area contributed by atoms with Gasteiger partial charge in [-0.3, -0.25) is 32.4 Å². The number of phosphoric acid groups is 2. The molecular weight excluding hydrogens is 696 g/mol. The smallest absolute Gasteiger partial charge is 0.386 e. The molecule has 4 fully saturated rings. The van der Waals surface area contributed by atoms with Crippen LogP contribution in [0.3, 0.4) is 0 Å². The maximum absolute atomic E-state index is 15.3. The van der Waals surface area contributed by atoms with Crippen LogP contribution in [0.25, 0.3) is 16.8 Å². The Balaban J connectivity index is 1.15. The molecule has 4 aliphatic rings. The lowest BCUT2D eigenvalue weighted by Crippen LogP contribution is -2.36. The van der Waals surface area contributed by atoms with Gasteiger partial charge in [0.1, 0.15) is 36.8 Å². The molecule has 22 nitrogen and oxygen atoms in total. The van der Waals surface area contributed by atoms with Crippen molar-refractivity contribution in [2.75, 3.05) is 24.7 Å². The van der Waals surface area contributed by atoms with Crippen LogP contribution in [0.1, 0.15) is 24.3 Å². The van der Waals surface area contributed by atoms with Crippen molar-refractivity contribution in [3.8, 4) is 0 Å². The van der Waals surface area contributed by atoms with Gasteiger partial charge in [0.15, 0.2) is 23.0 Å². The molecule has 1 aliphatic carbocycles. The van der Waals surface area contributed by atoms with E-state index in [-0.39, 0.29) is 34.3 Å². The van der Waals surface area contributed by atoms with Gasteiger partial charge in [0.25, 0.3) is 11.5 Å². The predicted molar refractivity (Wildman–Crippen MR) is 149 cm³/mol. The van der Waals surface area contributed by atoms with E-state index in [2.05, 4.69) is 30.0 Å². The number of imidazole rings is 1. The van der Waals surface area contributed by atoms with E-state index in [1.807, 2.05) is 0 Å². The third-order valence-electron chi connectivity index (χ3n) is 8.73. The second-order valence-corrected chi connectivity index (χ2v) is 14.3. The Morgan fingerprint density at radius 2 is 1.77 bits per heavy atom. The molecule has 4 aromatic rings. The fraction of sp³-hybridized carbons (Fsp3) is 0.545. The fourth-order valence-electron chi connectivity index (χ4n) is 6.46. The summed E-state index contributed by atoms with van der Waals surface area (Å²) in [5, 5.41) is 15.2. The zero-order chi connectivity index (χ0) is 34.0. The highest BCUT2D eigenvalue weighted by Crippen LogP contribution is 2.74. The minimum Gasteiger partial charge on any atom is -0.386 e. The van der Waals surface area contributed by atoms with E-state index >= 15 is 8.78 Å². The van der Waals surface area contributed by atoms with Gasteiger partial charge in [-0.15, -0.1) is 0 Å². The lowest BCUT2D eigenvalue weighted by molar-refractivity contribution is -0.0569. The fourth-order valence-corrected chi connectivity index (χ4v) is 8.39. The van der Waals surface area contributed by atoms with Gasteiger partial charge < -0.3 is 35.8 Å². The second-order valence-electron chi connectivity index (χ2n) is 11.5. The monoisotopic (exact) mass is 720 g/mol. The van der Waals surface area contributed by atoms with E-state index < -0.39 is 95.0 Å². The Kier molecular flexibility index (Phi) is 6.92. The summed E-state index contributed by atoms with van der Waals surface area (Å²) in [6.45, 7) is -1.96. The first-order valence-corrected chi connectivity index (χ1v) is 16.9. The molecule has 8 N–H and O–H groups in total. The maximum atomic E-state index is 15.3. The van der Waals surface area contributed by atoms with Crippen molar-refractivity contribution >= 4 is 44.4 Å². The summed E-state index contributed by atoms with van der Waals surface area (Å²) in [5.41, 5.74) is 8.09. The number of nitrogen functional groups attached to an aromatic ring is 2. The second kappa shape index (κ2) is 10.5. The summed E-state index contributed by atoms with van der Waals surface area (Å²) >= 11 is 0. The van der Waals surface area contributed by atoms with Gasteiger partial charge in [0.2, 0.25) is 11.9 Å². The van der Waals surface area contributed by atoms with E-state index in [0.717, 1.165) is 21.7 Å². The first-order chi connectivity index (χ1) is 22.6. The number of nitrogens with zero attached hydrogens (tertiary/aromatic N) is 7. The quantitative estimate of drug-likeness (QED) is 0.138. The number of aromatic nitrogens is 8. The molecule has 7 heterocycles. The number of anilines is 2. The number of ether oxygens (including phenoxy) is 2. The van der Waals surface area contributed by atoms with Gasteiger partial charge >= 0.3 is 15.6 Å². The van der Waals surface area contributed by atoms with Crippen molar-refractivity contribution in [1.82, 2.24) is 39.1 Å². The van der Waals surface area contributed by atoms with Gasteiger partial charge in [-0.05, 0) is 0 Å². The molecule has 10 atom stereocenters. The van der Waals surface area contributed by atoms with E-state index in [4.69, 9.17) is 39.0 Å². The van der Waals surface area contributed by atoms with Crippen LogP contribution in [-0.2, 0) is 36.7 Å². The molecule has 3 aliphatic heterocycles. The lowest BCUT2D eigenvalue weighted by atomic mass is 9.90. The van der Waals surface area contributed by atoms with Gasteiger partial charge in [0, 0.05) is 12.0 Å². The maximum Gasteiger partial charge on any atom is 0.472 e. The normalized spacial score (nSPS) is 39.6. The van der Waals surface area contributed by atoms with Gasteiger partial charge in [-0.25, -0.2) is 32.9 Å². The van der Waals surface area contributed by atoms with E-state index in [1.165, 1.54) is 6.20 Å². The summed E-state index contributed by atoms with van der Waals surface area (Å²) in [5.74, 6) is -3.98. The summed E-state index contributed by atoms with van der Waals surface area (Å²) < 4.78 is 92.1. The number of nitrogens with two attached hydrogens (primary N) is 2. The van der Waals surface area contributed by atoms with Crippen LogP contribution in [0.4, 0.5) is 20.7 Å². The molecule has 3 saturated heterocycles. The van der Waals surface area contributed by atoms with E-state index in [0.29, 0.717) is 0 Å². The van der Waals surface area contributed by atoms with Crippen LogP contribution in [0.2, 0.25) is 0 Å². The number of alkyl halides is 2. The highest BCUT2D eigenvalue weighted by atomic mass is 31.2. The third kappa shape index (κ3) is 4.79. The number of fused-ring (bicyclic) bond motifs is 3. The van der Waals surface area contributed by atoms with Crippen LogP contribution in [0, 0.1) is 5.41 Å². The average Bonchev–Trinajstić information content (AvgIpc) is 3.49. The van der Waals surface area contributed by atoms with E-state index in [1.54, 1.807) is 0 Å². The van der Waals surface area contributed by atoms with Crippen molar-refractivity contribution in [3.63, 3.8) is 0 Å². The van der Waals surface area contributed by atoms with Crippen LogP contribution in [-0.4, -0.2) is 104 Å². The van der Waals surface area contributed by atoms with Crippen molar-refractivity contribution < 1.29 is 60.4 Å². The molecule has 8 rings (SSSR count). The number of phosphoric ester groups is 2. The number of hydrogen-bond acceptors (Lipinski definition) is 17. The van der Waals surface area contributed by atoms with E-state index in [9.17, 15) is 28.8 Å². The minimum absolute atomic E-state index is 0.000226. The minimum atomic E-state index is -5.32. The summed E-state index contributed by atoms with van der Waals surface area (Å²) in [4.78, 5) is 51.9. The topological polar surface area (TPSA) is 309 Å². The highest BCUT2D eigenvalue weighted by Gasteiger charge is 2.84. The Morgan fingerprint density at radius 3 is 2.52 bits per heavy atom. The molecule has 258 valence electrons. The van der Waals surface area contributed by atoms with Crippen LogP contribution in [0.15, 0.2) is 23.6 Å². The van der Waals surface area contributed by atoms with Crippen LogP contribution in [0.5, 0.6) is 0 Å². The largest absolute Gasteiger partial charge is 0.472 e. The van der Waals surface area contributed by atoms with Crippen molar-refractivity contribution in [1.29, 1.82) is 0 Å². The van der Waals surface area contributed by atoms with Gasteiger partial charge in [-0.2, -0.15) is 14.6 Å². The van der Waals surface area contributed by atoms with Crippen molar-refractivity contribution in [2.24, 2.45) is 5.41 Å². The number of H-pyrrole nitrogens is 1. The first-order valence-electron chi connectivity index (χ1n) is 14.0. The Morgan fingerprint density at radius 1 is 1.04 bits per heavy atom. The molecule has 26 heteroatoms. The molecule has 2 bridgehead atoms. The number of nitrogens with one attached hydrogen (secondary N) is 1. The number of aliphatic hydroxyl groups is 1. The first kappa shape index (κ1) is 31.7.